The summed E-state index contributed by atoms with van der Waals surface area (Å²) in [6.07, 6.45) is 3.07. The fraction of sp³-hybridized carbons (Fsp3) is 0.824. The van der Waals surface area contributed by atoms with Crippen LogP contribution in [0, 0.1) is 17.3 Å². The Balaban J connectivity index is 4.70. The van der Waals surface area contributed by atoms with E-state index in [0.717, 1.165) is 19.3 Å². The van der Waals surface area contributed by atoms with Crippen molar-refractivity contribution >= 4 is 5.78 Å². The van der Waals surface area contributed by atoms with Gasteiger partial charge in [-0.1, -0.05) is 33.8 Å². The number of aliphatic hydroxyl groups is 3. The second kappa shape index (κ2) is 9.34. The first-order valence-electron chi connectivity index (χ1n) is 7.82. The molecule has 4 heteroatoms. The number of aliphatic hydroxyl groups excluding tert-OH is 3. The number of allylic oxidation sites excluding steroid dienone is 1. The van der Waals surface area contributed by atoms with Gasteiger partial charge in [0.05, 0.1) is 12.2 Å². The summed E-state index contributed by atoms with van der Waals surface area (Å²) >= 11 is 0. The molecule has 0 aromatic carbocycles. The molecule has 0 spiro atoms. The fourth-order valence-electron chi connectivity index (χ4n) is 2.64. The van der Waals surface area contributed by atoms with Gasteiger partial charge in [0.2, 0.25) is 0 Å². The standard InChI is InChI=1S/C17H32O4/c1-6-7-8-9-12(2)15(20)13(3)16(21)17(4,5)14(19)10-11-18/h6,12-15,18-20H,1,7-11H2,2-5H3/t12?,13-,14+,15+/m1/s1. The van der Waals surface area contributed by atoms with E-state index in [2.05, 4.69) is 6.58 Å². The molecule has 0 aromatic rings. The lowest BCUT2D eigenvalue weighted by Crippen LogP contribution is -2.45. The Morgan fingerprint density at radius 2 is 1.81 bits per heavy atom. The van der Waals surface area contributed by atoms with Crippen molar-refractivity contribution in [2.75, 3.05) is 6.61 Å². The summed E-state index contributed by atoms with van der Waals surface area (Å²) in [5, 5.41) is 29.3. The SMILES string of the molecule is C=CCCCC(C)[C@H](O)[C@@H](C)C(=O)C(C)(C)[C@@H](O)CCO. The Kier molecular flexibility index (Phi) is 9.02. The van der Waals surface area contributed by atoms with Crippen LogP contribution in [-0.2, 0) is 4.79 Å². The first kappa shape index (κ1) is 20.3. The molecule has 0 radical (unpaired) electrons. The van der Waals surface area contributed by atoms with E-state index in [1.54, 1.807) is 20.8 Å². The number of carbonyl (C=O) groups is 1. The predicted molar refractivity (Wildman–Crippen MR) is 84.9 cm³/mol. The van der Waals surface area contributed by atoms with Crippen molar-refractivity contribution in [2.24, 2.45) is 17.3 Å². The van der Waals surface area contributed by atoms with Crippen LogP contribution in [0.1, 0.15) is 53.4 Å². The van der Waals surface area contributed by atoms with Gasteiger partial charge in [0.25, 0.3) is 0 Å². The summed E-state index contributed by atoms with van der Waals surface area (Å²) < 4.78 is 0. The van der Waals surface area contributed by atoms with Gasteiger partial charge in [-0.2, -0.15) is 0 Å². The third kappa shape index (κ3) is 5.89. The zero-order valence-corrected chi connectivity index (χ0v) is 13.9. The van der Waals surface area contributed by atoms with E-state index in [9.17, 15) is 15.0 Å². The smallest absolute Gasteiger partial charge is 0.146 e. The van der Waals surface area contributed by atoms with E-state index in [-0.39, 0.29) is 24.7 Å². The normalized spacial score (nSPS) is 17.9. The average molecular weight is 300 g/mol. The van der Waals surface area contributed by atoms with E-state index in [1.165, 1.54) is 0 Å². The van der Waals surface area contributed by atoms with Gasteiger partial charge in [-0.3, -0.25) is 4.79 Å². The van der Waals surface area contributed by atoms with E-state index < -0.39 is 23.5 Å². The molecule has 3 N–H and O–H groups in total. The summed E-state index contributed by atoms with van der Waals surface area (Å²) in [4.78, 5) is 12.5. The molecule has 0 saturated carbocycles. The molecule has 0 amide bonds. The molecule has 0 bridgehead atoms. The lowest BCUT2D eigenvalue weighted by atomic mass is 9.73. The zero-order valence-electron chi connectivity index (χ0n) is 13.9. The van der Waals surface area contributed by atoms with Crippen molar-refractivity contribution in [2.45, 2.75) is 65.6 Å². The minimum Gasteiger partial charge on any atom is -0.396 e. The maximum atomic E-state index is 12.5. The van der Waals surface area contributed by atoms with Gasteiger partial charge in [-0.25, -0.2) is 0 Å². The number of hydrogen-bond acceptors (Lipinski definition) is 4. The molecule has 21 heavy (non-hydrogen) atoms. The van der Waals surface area contributed by atoms with Gasteiger partial charge in [0, 0.05) is 17.9 Å². The lowest BCUT2D eigenvalue weighted by molar-refractivity contribution is -0.142. The maximum absolute atomic E-state index is 12.5. The molecule has 0 aliphatic carbocycles. The number of hydrogen-bond donors (Lipinski definition) is 3. The molecule has 1 unspecified atom stereocenters. The molecular formula is C17H32O4. The highest BCUT2D eigenvalue weighted by atomic mass is 16.3. The van der Waals surface area contributed by atoms with Crippen molar-refractivity contribution < 1.29 is 20.1 Å². The van der Waals surface area contributed by atoms with Crippen LogP contribution in [0.25, 0.3) is 0 Å². The van der Waals surface area contributed by atoms with Crippen molar-refractivity contribution in [3.05, 3.63) is 12.7 Å². The number of ketones is 1. The summed E-state index contributed by atoms with van der Waals surface area (Å²) in [5.41, 5.74) is -0.968. The zero-order chi connectivity index (χ0) is 16.6. The van der Waals surface area contributed by atoms with Gasteiger partial charge >= 0.3 is 0 Å². The topological polar surface area (TPSA) is 77.8 Å². The lowest BCUT2D eigenvalue weighted by Gasteiger charge is -2.34. The van der Waals surface area contributed by atoms with Gasteiger partial charge in [-0.15, -0.1) is 6.58 Å². The Morgan fingerprint density at radius 3 is 2.29 bits per heavy atom. The Morgan fingerprint density at radius 1 is 1.24 bits per heavy atom. The van der Waals surface area contributed by atoms with Crippen LogP contribution in [-0.4, -0.2) is 39.9 Å². The quantitative estimate of drug-likeness (QED) is 0.404. The summed E-state index contributed by atoms with van der Waals surface area (Å²) in [6.45, 7) is 10.5. The van der Waals surface area contributed by atoms with Crippen LogP contribution in [0.3, 0.4) is 0 Å². The van der Waals surface area contributed by atoms with Crippen molar-refractivity contribution in [1.29, 1.82) is 0 Å². The van der Waals surface area contributed by atoms with Crippen LogP contribution < -0.4 is 0 Å². The first-order valence-corrected chi connectivity index (χ1v) is 7.82. The Bertz CT molecular complexity index is 325. The fourth-order valence-corrected chi connectivity index (χ4v) is 2.64. The van der Waals surface area contributed by atoms with Gasteiger partial charge in [-0.05, 0) is 31.6 Å². The molecule has 0 fully saturated rings. The Labute approximate surface area is 128 Å². The second-order valence-electron chi connectivity index (χ2n) is 6.59. The second-order valence-corrected chi connectivity index (χ2v) is 6.59. The molecule has 0 saturated heterocycles. The summed E-state index contributed by atoms with van der Waals surface area (Å²) in [7, 11) is 0. The van der Waals surface area contributed by atoms with Crippen molar-refractivity contribution in [3.63, 3.8) is 0 Å². The van der Waals surface area contributed by atoms with Crippen LogP contribution in [0.15, 0.2) is 12.7 Å². The molecule has 0 aliphatic rings. The van der Waals surface area contributed by atoms with E-state index in [1.807, 2.05) is 13.0 Å². The van der Waals surface area contributed by atoms with Crippen LogP contribution in [0.4, 0.5) is 0 Å². The summed E-state index contributed by atoms with van der Waals surface area (Å²) in [5.74, 6) is -0.673. The molecule has 124 valence electrons. The van der Waals surface area contributed by atoms with Gasteiger partial charge < -0.3 is 15.3 Å². The van der Waals surface area contributed by atoms with E-state index in [0.29, 0.717) is 0 Å². The maximum Gasteiger partial charge on any atom is 0.146 e. The highest BCUT2D eigenvalue weighted by Crippen LogP contribution is 2.31. The highest BCUT2D eigenvalue weighted by Gasteiger charge is 2.40. The van der Waals surface area contributed by atoms with Crippen LogP contribution >= 0.6 is 0 Å². The molecule has 4 atom stereocenters. The van der Waals surface area contributed by atoms with E-state index in [4.69, 9.17) is 5.11 Å². The minimum atomic E-state index is -0.968. The molecule has 0 aromatic heterocycles. The molecule has 0 aliphatic heterocycles. The monoisotopic (exact) mass is 300 g/mol. The number of unbranched alkanes of at least 4 members (excludes halogenated alkanes) is 1. The molecule has 0 heterocycles. The third-order valence-electron chi connectivity index (χ3n) is 4.45. The molecule has 0 rings (SSSR count). The third-order valence-corrected chi connectivity index (χ3v) is 4.45. The number of carbonyl (C=O) groups excluding carboxylic acids is 1. The molecular weight excluding hydrogens is 268 g/mol. The van der Waals surface area contributed by atoms with Crippen molar-refractivity contribution in [1.82, 2.24) is 0 Å². The predicted octanol–water partition coefficient (Wildman–Crippen LogP) is 2.31. The largest absolute Gasteiger partial charge is 0.396 e. The Hall–Kier alpha value is -0.710. The van der Waals surface area contributed by atoms with Gasteiger partial charge in [0.1, 0.15) is 5.78 Å². The number of Topliss-reactive ketones (excluding diaryl/α,β-unsaturated/α-hetero) is 1. The summed E-state index contributed by atoms with van der Waals surface area (Å²) in [6, 6.07) is 0. The van der Waals surface area contributed by atoms with Crippen LogP contribution in [0.5, 0.6) is 0 Å². The number of rotatable bonds is 11. The average Bonchev–Trinajstić information content (AvgIpc) is 2.45. The molecule has 4 nitrogen and oxygen atoms in total. The van der Waals surface area contributed by atoms with Crippen LogP contribution in [0.2, 0.25) is 0 Å². The first-order chi connectivity index (χ1) is 9.69. The van der Waals surface area contributed by atoms with Gasteiger partial charge in [0.15, 0.2) is 0 Å². The van der Waals surface area contributed by atoms with E-state index >= 15 is 0 Å². The van der Waals surface area contributed by atoms with Crippen molar-refractivity contribution in [3.8, 4) is 0 Å². The highest BCUT2D eigenvalue weighted by molar-refractivity contribution is 5.87. The minimum absolute atomic E-state index is 0.0229.